The summed E-state index contributed by atoms with van der Waals surface area (Å²) in [6.45, 7) is 0. The number of aliphatic imine (C=N–C) groups is 1. The topological polar surface area (TPSA) is 100 Å². The highest BCUT2D eigenvalue weighted by Crippen LogP contribution is 2.35. The number of allylic oxidation sites excluding steroid dienone is 1. The lowest BCUT2D eigenvalue weighted by Gasteiger charge is -2.09. The molecule has 2 N–H and O–H groups in total. The van der Waals surface area contributed by atoms with Crippen molar-refractivity contribution in [3.05, 3.63) is 79.2 Å². The molecule has 0 saturated carbocycles. The summed E-state index contributed by atoms with van der Waals surface area (Å²) < 4.78 is 1.86. The molecule has 128 valence electrons. The largest absolute Gasteiger partial charge is 0.494 e. The zero-order chi connectivity index (χ0) is 18.3. The van der Waals surface area contributed by atoms with Crippen LogP contribution in [0.15, 0.2) is 61.8 Å². The molecule has 3 aromatic rings. The minimum absolute atomic E-state index is 0.0391. The van der Waals surface area contributed by atoms with E-state index in [2.05, 4.69) is 30.9 Å². The molecule has 3 heterocycles. The van der Waals surface area contributed by atoms with E-state index in [1.165, 1.54) is 12.3 Å². The van der Waals surface area contributed by atoms with Gasteiger partial charge in [-0.3, -0.25) is 19.8 Å². The first kappa shape index (κ1) is 16.2. The number of aromatic hydroxyl groups is 1. The van der Waals surface area contributed by atoms with Gasteiger partial charge in [0.05, 0.1) is 17.6 Å². The molecule has 0 unspecified atom stereocenters. The van der Waals surface area contributed by atoms with Gasteiger partial charge in [-0.2, -0.15) is 0 Å². The van der Waals surface area contributed by atoms with Crippen molar-refractivity contribution in [1.82, 2.24) is 14.5 Å². The summed E-state index contributed by atoms with van der Waals surface area (Å²) in [6.07, 6.45) is 6.07. The fraction of sp³-hybridized carbons (Fsp3) is 0. The number of pyridine rings is 1. The maximum absolute atomic E-state index is 12.3. The summed E-state index contributed by atoms with van der Waals surface area (Å²) in [7, 11) is 0. The third kappa shape index (κ3) is 2.70. The molecular formula is C18H11BrN4O3. The standard InChI is InChI=1S/C18H11BrN4O3/c19-11-3-4-15-13(7-11)10(8-21-15)6-14-16(24)22-18(26)23(17(14)25)12-2-1-5-20-9-12/h1-9,25H,(H,22,24,26). The Morgan fingerprint density at radius 1 is 1.23 bits per heavy atom. The van der Waals surface area contributed by atoms with Crippen LogP contribution in [0.2, 0.25) is 0 Å². The molecule has 1 aromatic carbocycles. The zero-order valence-corrected chi connectivity index (χ0v) is 14.8. The van der Waals surface area contributed by atoms with Crippen LogP contribution in [-0.2, 0) is 0 Å². The number of fused-ring (bicyclic) bond motifs is 1. The number of nitrogens with one attached hydrogen (secondary N) is 1. The molecule has 0 bridgehead atoms. The Bertz CT molecular complexity index is 1190. The van der Waals surface area contributed by atoms with Crippen LogP contribution in [0.4, 0.5) is 5.69 Å². The lowest BCUT2D eigenvalue weighted by molar-refractivity contribution is 0.429. The van der Waals surface area contributed by atoms with E-state index in [-0.39, 0.29) is 5.56 Å². The fourth-order valence-electron chi connectivity index (χ4n) is 2.73. The Kier molecular flexibility index (Phi) is 3.89. The van der Waals surface area contributed by atoms with Crippen LogP contribution in [0.1, 0.15) is 11.1 Å². The van der Waals surface area contributed by atoms with Gasteiger partial charge in [0.15, 0.2) is 0 Å². The van der Waals surface area contributed by atoms with Crippen molar-refractivity contribution >= 4 is 39.5 Å². The molecule has 1 aliphatic rings. The molecule has 0 radical (unpaired) electrons. The van der Waals surface area contributed by atoms with E-state index in [0.717, 1.165) is 20.3 Å². The van der Waals surface area contributed by atoms with Crippen LogP contribution >= 0.6 is 15.9 Å². The molecule has 0 spiro atoms. The first-order valence-corrected chi connectivity index (χ1v) is 8.38. The van der Waals surface area contributed by atoms with Crippen molar-refractivity contribution in [3.63, 3.8) is 0 Å². The number of rotatable bonds is 2. The van der Waals surface area contributed by atoms with Gasteiger partial charge in [0.25, 0.3) is 5.56 Å². The van der Waals surface area contributed by atoms with E-state index in [4.69, 9.17) is 0 Å². The van der Waals surface area contributed by atoms with Crippen molar-refractivity contribution in [2.24, 2.45) is 4.99 Å². The maximum Gasteiger partial charge on any atom is 0.335 e. The molecule has 0 atom stereocenters. The molecule has 2 aromatic heterocycles. The van der Waals surface area contributed by atoms with E-state index < -0.39 is 17.1 Å². The summed E-state index contributed by atoms with van der Waals surface area (Å²) >= 11 is 3.41. The van der Waals surface area contributed by atoms with Crippen LogP contribution in [0.5, 0.6) is 5.88 Å². The number of hydrogen-bond donors (Lipinski definition) is 2. The Balaban J connectivity index is 1.93. The monoisotopic (exact) mass is 410 g/mol. The zero-order valence-electron chi connectivity index (χ0n) is 13.2. The Morgan fingerprint density at radius 2 is 2.08 bits per heavy atom. The van der Waals surface area contributed by atoms with Crippen molar-refractivity contribution in [2.75, 3.05) is 0 Å². The minimum Gasteiger partial charge on any atom is -0.494 e. The lowest BCUT2D eigenvalue weighted by atomic mass is 10.1. The van der Waals surface area contributed by atoms with Gasteiger partial charge in [0.1, 0.15) is 5.56 Å². The number of benzene rings is 1. The number of H-pyrrole nitrogens is 1. The summed E-state index contributed by atoms with van der Waals surface area (Å²) in [5.41, 5.74) is 1.10. The number of hydrogen-bond acceptors (Lipinski definition) is 5. The van der Waals surface area contributed by atoms with E-state index in [9.17, 15) is 14.7 Å². The number of nitrogens with zero attached hydrogens (tertiary/aromatic N) is 3. The van der Waals surface area contributed by atoms with Gasteiger partial charge >= 0.3 is 5.69 Å². The molecule has 4 rings (SSSR count). The maximum atomic E-state index is 12.3. The average Bonchev–Trinajstić information content (AvgIpc) is 3.01. The second-order valence-corrected chi connectivity index (χ2v) is 6.48. The quantitative estimate of drug-likeness (QED) is 0.677. The summed E-state index contributed by atoms with van der Waals surface area (Å²) in [5.74, 6) is -0.462. The van der Waals surface area contributed by atoms with Crippen molar-refractivity contribution in [3.8, 4) is 11.6 Å². The summed E-state index contributed by atoms with van der Waals surface area (Å²) in [4.78, 5) is 34.9. The number of aromatic amines is 1. The molecule has 0 fully saturated rings. The van der Waals surface area contributed by atoms with Gasteiger partial charge in [-0.25, -0.2) is 9.36 Å². The minimum atomic E-state index is -0.745. The van der Waals surface area contributed by atoms with E-state index >= 15 is 0 Å². The SMILES string of the molecule is O=c1[nH]c(=O)n(-c2cccnc2)c(O)c1C=C1C=Nc2ccc(Br)cc21. The van der Waals surface area contributed by atoms with Crippen LogP contribution in [0.3, 0.4) is 0 Å². The molecule has 0 amide bonds. The first-order chi connectivity index (χ1) is 12.5. The van der Waals surface area contributed by atoms with E-state index in [1.807, 2.05) is 18.2 Å². The predicted octanol–water partition coefficient (Wildman–Crippen LogP) is 2.65. The predicted molar refractivity (Wildman–Crippen MR) is 102 cm³/mol. The summed E-state index contributed by atoms with van der Waals surface area (Å²) in [6, 6.07) is 8.81. The highest BCUT2D eigenvalue weighted by Gasteiger charge is 2.18. The van der Waals surface area contributed by atoms with Crippen molar-refractivity contribution < 1.29 is 5.11 Å². The van der Waals surface area contributed by atoms with Crippen molar-refractivity contribution in [1.29, 1.82) is 0 Å². The van der Waals surface area contributed by atoms with Crippen molar-refractivity contribution in [2.45, 2.75) is 0 Å². The van der Waals surface area contributed by atoms with Crippen LogP contribution in [0, 0.1) is 0 Å². The molecule has 8 heteroatoms. The molecule has 26 heavy (non-hydrogen) atoms. The van der Waals surface area contributed by atoms with Crippen LogP contribution in [0.25, 0.3) is 17.3 Å². The Morgan fingerprint density at radius 3 is 2.85 bits per heavy atom. The second-order valence-electron chi connectivity index (χ2n) is 5.56. The van der Waals surface area contributed by atoms with Gasteiger partial charge in [0.2, 0.25) is 5.88 Å². The highest BCUT2D eigenvalue weighted by molar-refractivity contribution is 9.10. The van der Waals surface area contributed by atoms with E-state index in [1.54, 1.807) is 24.5 Å². The Hall–Kier alpha value is -3.26. The lowest BCUT2D eigenvalue weighted by Crippen LogP contribution is -2.30. The van der Waals surface area contributed by atoms with Crippen LogP contribution < -0.4 is 11.2 Å². The van der Waals surface area contributed by atoms with Crippen LogP contribution in [-0.4, -0.2) is 25.9 Å². The number of halogens is 1. The fourth-order valence-corrected chi connectivity index (χ4v) is 3.09. The third-order valence-corrected chi connectivity index (χ3v) is 4.43. The van der Waals surface area contributed by atoms with Gasteiger partial charge in [-0.05, 0) is 36.4 Å². The molecule has 0 aliphatic carbocycles. The first-order valence-electron chi connectivity index (χ1n) is 7.59. The normalized spacial score (nSPS) is 14.0. The number of aromatic nitrogens is 3. The van der Waals surface area contributed by atoms with Gasteiger partial charge in [-0.15, -0.1) is 0 Å². The smallest absolute Gasteiger partial charge is 0.335 e. The van der Waals surface area contributed by atoms with Gasteiger partial charge < -0.3 is 5.11 Å². The average molecular weight is 411 g/mol. The molecule has 0 saturated heterocycles. The molecule has 1 aliphatic heterocycles. The highest BCUT2D eigenvalue weighted by atomic mass is 79.9. The van der Waals surface area contributed by atoms with Gasteiger partial charge in [-0.1, -0.05) is 15.9 Å². The summed E-state index contributed by atoms with van der Waals surface area (Å²) in [5, 5.41) is 10.6. The van der Waals surface area contributed by atoms with Gasteiger partial charge in [0, 0.05) is 28.0 Å². The third-order valence-electron chi connectivity index (χ3n) is 3.94. The second kappa shape index (κ2) is 6.23. The molecule has 7 nitrogen and oxygen atoms in total. The van der Waals surface area contributed by atoms with E-state index in [0.29, 0.717) is 11.3 Å². The molecular weight excluding hydrogens is 400 g/mol. The Labute approximate surface area is 155 Å².